The van der Waals surface area contributed by atoms with E-state index in [9.17, 15) is 9.90 Å². The number of hydrogen-bond acceptors (Lipinski definition) is 4. The average Bonchev–Trinajstić information content (AvgIpc) is 3.29. The molecule has 1 N–H and O–H groups in total. The summed E-state index contributed by atoms with van der Waals surface area (Å²) in [4.78, 5) is 12.4. The van der Waals surface area contributed by atoms with Gasteiger partial charge in [-0.05, 0) is 81.5 Å². The quantitative estimate of drug-likeness (QED) is 0.0479. The highest BCUT2D eigenvalue weighted by Gasteiger charge is 2.48. The molecule has 5 rings (SSSR count). The summed E-state index contributed by atoms with van der Waals surface area (Å²) in [5.41, 5.74) is 7.84. The lowest BCUT2D eigenvalue weighted by Gasteiger charge is -2.39. The van der Waals surface area contributed by atoms with Crippen LogP contribution in [0, 0.1) is 35.3 Å². The molecule has 5 aromatic rings. The van der Waals surface area contributed by atoms with Crippen molar-refractivity contribution in [1.29, 1.82) is 0 Å². The monoisotopic (exact) mass is 886 g/mol. The molecule has 0 amide bonds. The van der Waals surface area contributed by atoms with E-state index in [1.165, 1.54) is 32.9 Å². The molecule has 0 fully saturated rings. The summed E-state index contributed by atoms with van der Waals surface area (Å²) < 4.78 is 18.9. The number of aromatic carboxylic acids is 1. The van der Waals surface area contributed by atoms with Crippen LogP contribution in [0.5, 0.6) is 17.2 Å². The Morgan fingerprint density at radius 2 is 0.844 bits per heavy atom. The summed E-state index contributed by atoms with van der Waals surface area (Å²) in [5, 5.41) is 15.3. The summed E-state index contributed by atoms with van der Waals surface area (Å²) in [7, 11) is -4.96. The number of carboxylic acid groups (broad SMARTS) is 1. The number of carbonyl (C=O) groups is 1. The van der Waals surface area contributed by atoms with Crippen molar-refractivity contribution in [1.82, 2.24) is 0 Å². The number of terminal acetylenes is 1. The van der Waals surface area contributed by atoms with Crippen molar-refractivity contribution in [2.75, 3.05) is 19.8 Å². The number of unbranched alkanes of at least 4 members (excludes halogenated alkanes) is 6. The Balaban J connectivity index is 1.27. The highest BCUT2D eigenvalue weighted by atomic mass is 28.3. The molecule has 0 saturated heterocycles. The molecule has 0 spiro atoms. The van der Waals surface area contributed by atoms with E-state index < -0.39 is 22.1 Å². The van der Waals surface area contributed by atoms with Gasteiger partial charge in [0.25, 0.3) is 0 Å². The molecule has 0 heterocycles. The molecule has 0 bridgehead atoms. The second kappa shape index (κ2) is 23.7. The van der Waals surface area contributed by atoms with Crippen LogP contribution in [-0.2, 0) is 0 Å². The van der Waals surface area contributed by atoms with E-state index >= 15 is 0 Å². The van der Waals surface area contributed by atoms with Crippen LogP contribution < -0.4 is 35.0 Å². The van der Waals surface area contributed by atoms with Crippen molar-refractivity contribution in [3.05, 3.63) is 139 Å². The van der Waals surface area contributed by atoms with Crippen molar-refractivity contribution in [3.63, 3.8) is 0 Å². The Bertz CT molecular complexity index is 2160. The van der Waals surface area contributed by atoms with Crippen LogP contribution in [0.25, 0.3) is 0 Å². The lowest BCUT2D eigenvalue weighted by Crippen LogP contribution is -2.63. The SMILES string of the molecule is C#CCCCCOc1c(OCCCCC#C[Si](c2ccccc2)(c2ccccc2)C(C)(C)C)cc(C(=O)O)cc1OCCCCC#C[Si](c1ccccc1)(c1ccccc1)C(C)(C)C. The Kier molecular flexibility index (Phi) is 18.2. The molecule has 7 heteroatoms. The molecule has 0 aliphatic carbocycles. The number of benzene rings is 5. The fraction of sp³-hybridized carbons (Fsp3) is 0.351. The van der Waals surface area contributed by atoms with Crippen molar-refractivity contribution in [2.45, 2.75) is 109 Å². The minimum atomic E-state index is -2.48. The third-order valence-corrected chi connectivity index (χ3v) is 22.2. The Morgan fingerprint density at radius 3 is 1.16 bits per heavy atom. The first-order chi connectivity index (χ1) is 30.8. The van der Waals surface area contributed by atoms with Crippen LogP contribution in [0.2, 0.25) is 10.1 Å². The van der Waals surface area contributed by atoms with Gasteiger partial charge in [-0.1, -0.05) is 163 Å². The van der Waals surface area contributed by atoms with E-state index in [4.69, 9.17) is 20.6 Å². The standard InChI is InChI=1S/C57H66O5Si2/c1-8-9-10-27-42-62-54-52(60-40-28-11-13-30-43-63(56(2,3)4,48-32-19-15-20-33-48)49-34-21-16-22-35-49)45-47(55(58)59)46-53(54)61-41-29-12-14-31-44-64(57(5,6)7,50-36-23-17-24-37-50)51-38-25-18-26-39-51/h1,15-26,32-39,45-46H,9-14,27-29,40-42H2,2-7H3,(H,58,59). The highest BCUT2D eigenvalue weighted by molar-refractivity contribution is 7.10. The molecule has 0 aromatic heterocycles. The fourth-order valence-electron chi connectivity index (χ4n) is 8.43. The maximum atomic E-state index is 12.4. The zero-order valence-electron chi connectivity index (χ0n) is 38.8. The van der Waals surface area contributed by atoms with Gasteiger partial charge in [-0.3, -0.25) is 0 Å². The smallest absolute Gasteiger partial charge is 0.335 e. The molecule has 5 nitrogen and oxygen atoms in total. The van der Waals surface area contributed by atoms with Crippen molar-refractivity contribution >= 4 is 42.9 Å². The van der Waals surface area contributed by atoms with E-state index in [-0.39, 0.29) is 15.6 Å². The van der Waals surface area contributed by atoms with Crippen molar-refractivity contribution < 1.29 is 24.1 Å². The number of ether oxygens (including phenoxy) is 3. The van der Waals surface area contributed by atoms with Gasteiger partial charge in [-0.15, -0.1) is 35.3 Å². The third kappa shape index (κ3) is 12.4. The van der Waals surface area contributed by atoms with E-state index in [0.717, 1.165) is 51.4 Å². The van der Waals surface area contributed by atoms with Gasteiger partial charge < -0.3 is 19.3 Å². The number of hydrogen-bond donors (Lipinski definition) is 1. The maximum Gasteiger partial charge on any atom is 0.335 e. The van der Waals surface area contributed by atoms with Crippen LogP contribution in [0.15, 0.2) is 133 Å². The molecule has 332 valence electrons. The van der Waals surface area contributed by atoms with Crippen LogP contribution in [0.4, 0.5) is 0 Å². The first-order valence-corrected chi connectivity index (χ1v) is 26.8. The Hall–Kier alpha value is -5.92. The minimum absolute atomic E-state index is 0.0440. The van der Waals surface area contributed by atoms with Gasteiger partial charge in [-0.2, -0.15) is 0 Å². The van der Waals surface area contributed by atoms with Gasteiger partial charge in [0.15, 0.2) is 11.5 Å². The molecule has 0 saturated carbocycles. The third-order valence-electron chi connectivity index (χ3n) is 11.8. The fourth-order valence-corrected chi connectivity index (χ4v) is 17.4. The summed E-state index contributed by atoms with van der Waals surface area (Å²) in [5.74, 6) is 9.97. The summed E-state index contributed by atoms with van der Waals surface area (Å²) in [6, 6.07) is 46.1. The summed E-state index contributed by atoms with van der Waals surface area (Å²) >= 11 is 0. The van der Waals surface area contributed by atoms with Crippen LogP contribution in [-0.4, -0.2) is 47.0 Å². The molecular weight excluding hydrogens is 821 g/mol. The Labute approximate surface area is 386 Å². The van der Waals surface area contributed by atoms with Gasteiger partial charge in [0.05, 0.1) is 25.4 Å². The number of rotatable bonds is 20. The molecule has 0 aliphatic rings. The molecular formula is C57H66O5Si2. The largest absolute Gasteiger partial charge is 0.490 e. The lowest BCUT2D eigenvalue weighted by molar-refractivity contribution is 0.0695. The van der Waals surface area contributed by atoms with Crippen LogP contribution in [0.1, 0.15) is 110 Å². The normalized spacial score (nSPS) is 11.6. The zero-order chi connectivity index (χ0) is 45.9. The average molecular weight is 887 g/mol. The summed E-state index contributed by atoms with van der Waals surface area (Å²) in [6.45, 7) is 15.0. The molecule has 64 heavy (non-hydrogen) atoms. The first-order valence-electron chi connectivity index (χ1n) is 22.8. The maximum absolute atomic E-state index is 12.4. The highest BCUT2D eigenvalue weighted by Crippen LogP contribution is 2.40. The van der Waals surface area contributed by atoms with Gasteiger partial charge in [-0.25, -0.2) is 4.79 Å². The van der Waals surface area contributed by atoms with Gasteiger partial charge >= 0.3 is 5.97 Å². The second-order valence-electron chi connectivity index (χ2n) is 18.3. The van der Waals surface area contributed by atoms with Gasteiger partial charge in [0, 0.05) is 19.3 Å². The predicted octanol–water partition coefficient (Wildman–Crippen LogP) is 10.9. The molecule has 0 radical (unpaired) electrons. The second-order valence-corrected chi connectivity index (χ2v) is 27.1. The first kappa shape index (κ1) is 49.1. The van der Waals surface area contributed by atoms with Gasteiger partial charge in [0.1, 0.15) is 0 Å². The van der Waals surface area contributed by atoms with Crippen LogP contribution in [0.3, 0.4) is 0 Å². The molecule has 5 aromatic carbocycles. The topological polar surface area (TPSA) is 65.0 Å². The van der Waals surface area contributed by atoms with Gasteiger partial charge in [0.2, 0.25) is 21.9 Å². The lowest BCUT2D eigenvalue weighted by atomic mass is 10.1. The minimum Gasteiger partial charge on any atom is -0.490 e. The zero-order valence-corrected chi connectivity index (χ0v) is 40.8. The van der Waals surface area contributed by atoms with E-state index in [1.807, 2.05) is 0 Å². The van der Waals surface area contributed by atoms with Crippen LogP contribution >= 0.6 is 0 Å². The van der Waals surface area contributed by atoms with Crippen molar-refractivity contribution in [3.8, 4) is 52.5 Å². The number of carboxylic acids is 1. The van der Waals surface area contributed by atoms with Crippen molar-refractivity contribution in [2.24, 2.45) is 0 Å². The summed E-state index contributed by atoms with van der Waals surface area (Å²) in [6.07, 6.45) is 12.3. The predicted molar refractivity (Wildman–Crippen MR) is 271 cm³/mol. The Morgan fingerprint density at radius 1 is 0.516 bits per heavy atom. The van der Waals surface area contributed by atoms with E-state index in [1.54, 1.807) is 0 Å². The van der Waals surface area contributed by atoms with E-state index in [2.05, 4.69) is 192 Å². The molecule has 0 unspecified atom stereocenters. The molecule has 0 atom stereocenters. The van der Waals surface area contributed by atoms with E-state index in [0.29, 0.717) is 43.5 Å². The molecule has 0 aliphatic heterocycles.